The first-order valence-corrected chi connectivity index (χ1v) is 10.1. The van der Waals surface area contributed by atoms with Crippen molar-refractivity contribution in [1.29, 1.82) is 0 Å². The summed E-state index contributed by atoms with van der Waals surface area (Å²) in [5, 5.41) is 19.4. The maximum Gasteiger partial charge on any atom is 0.341 e. The molecule has 0 saturated carbocycles. The number of aromatic carboxylic acids is 1. The van der Waals surface area contributed by atoms with Gasteiger partial charge >= 0.3 is 5.97 Å². The van der Waals surface area contributed by atoms with Crippen LogP contribution >= 0.6 is 0 Å². The summed E-state index contributed by atoms with van der Waals surface area (Å²) in [5.41, 5.74) is -1.89. The molecule has 8 heteroatoms. The molecule has 0 aliphatic carbocycles. The number of carbonyl (C=O) groups is 1. The Bertz CT molecular complexity index is 1220. The Morgan fingerprint density at radius 2 is 1.69 bits per heavy atom. The summed E-state index contributed by atoms with van der Waals surface area (Å²) in [4.78, 5) is 24.5. The van der Waals surface area contributed by atoms with E-state index >= 15 is 0 Å². The van der Waals surface area contributed by atoms with Crippen molar-refractivity contribution >= 4 is 16.9 Å². The standard InChI is InChI=1S/C24H24F3NO4/c1-24(2,3)21(12-29)28-11-16(23(31)32)22(30)15-9-13(19(27)10-20(15)28)7-8-14-17(25)5-4-6-18(14)26/h4-6,9-11,21,29H,7-8,12H2,1-3H3,(H,31,32)/t21-/m1/s1. The van der Waals surface area contributed by atoms with Gasteiger partial charge in [-0.1, -0.05) is 26.8 Å². The fourth-order valence-corrected chi connectivity index (χ4v) is 3.83. The Morgan fingerprint density at radius 1 is 1.06 bits per heavy atom. The number of hydrogen-bond acceptors (Lipinski definition) is 3. The number of halogens is 3. The van der Waals surface area contributed by atoms with E-state index in [1.807, 2.05) is 20.8 Å². The van der Waals surface area contributed by atoms with Crippen molar-refractivity contribution < 1.29 is 28.2 Å². The number of rotatable bonds is 6. The lowest BCUT2D eigenvalue weighted by Gasteiger charge is -2.33. The number of aryl methyl sites for hydroxylation is 1. The summed E-state index contributed by atoms with van der Waals surface area (Å²) in [6, 6.07) is 5.13. The minimum atomic E-state index is -1.45. The zero-order chi connectivity index (χ0) is 23.8. The van der Waals surface area contributed by atoms with Gasteiger partial charge in [-0.25, -0.2) is 18.0 Å². The van der Waals surface area contributed by atoms with E-state index in [1.54, 1.807) is 0 Å². The molecule has 32 heavy (non-hydrogen) atoms. The first-order valence-electron chi connectivity index (χ1n) is 10.1. The Morgan fingerprint density at radius 3 is 2.22 bits per heavy atom. The highest BCUT2D eigenvalue weighted by Crippen LogP contribution is 2.33. The van der Waals surface area contributed by atoms with Gasteiger partial charge in [-0.15, -0.1) is 0 Å². The number of carboxylic acids is 1. The van der Waals surface area contributed by atoms with Crippen LogP contribution in [0.1, 0.15) is 48.3 Å². The number of pyridine rings is 1. The van der Waals surface area contributed by atoms with E-state index in [2.05, 4.69) is 0 Å². The van der Waals surface area contributed by atoms with Gasteiger partial charge in [-0.05, 0) is 48.1 Å². The number of benzene rings is 2. The van der Waals surface area contributed by atoms with Gasteiger partial charge in [0.25, 0.3) is 0 Å². The molecule has 5 nitrogen and oxygen atoms in total. The van der Waals surface area contributed by atoms with Gasteiger partial charge in [-0.3, -0.25) is 4.79 Å². The lowest BCUT2D eigenvalue weighted by molar-refractivity contribution is 0.0692. The average molecular weight is 447 g/mol. The van der Waals surface area contributed by atoms with Crippen molar-refractivity contribution in [2.75, 3.05) is 6.61 Å². The van der Waals surface area contributed by atoms with Crippen LogP contribution < -0.4 is 5.43 Å². The van der Waals surface area contributed by atoms with E-state index < -0.39 is 45.9 Å². The van der Waals surface area contributed by atoms with E-state index in [-0.39, 0.29) is 41.5 Å². The second-order valence-electron chi connectivity index (χ2n) is 8.81. The number of aromatic nitrogens is 1. The summed E-state index contributed by atoms with van der Waals surface area (Å²) in [7, 11) is 0. The molecule has 2 aromatic carbocycles. The van der Waals surface area contributed by atoms with Crippen molar-refractivity contribution in [3.05, 3.63) is 80.9 Å². The van der Waals surface area contributed by atoms with Gasteiger partial charge in [0.2, 0.25) is 5.43 Å². The van der Waals surface area contributed by atoms with Gasteiger partial charge < -0.3 is 14.8 Å². The number of hydrogen-bond donors (Lipinski definition) is 2. The van der Waals surface area contributed by atoms with Crippen molar-refractivity contribution in [2.24, 2.45) is 5.41 Å². The third kappa shape index (κ3) is 4.41. The normalized spacial score (nSPS) is 12.8. The molecule has 2 N–H and O–H groups in total. The summed E-state index contributed by atoms with van der Waals surface area (Å²) >= 11 is 0. The second kappa shape index (κ2) is 8.78. The van der Waals surface area contributed by atoms with E-state index in [0.29, 0.717) is 0 Å². The third-order valence-electron chi connectivity index (χ3n) is 5.65. The molecule has 1 atom stereocenters. The summed E-state index contributed by atoms with van der Waals surface area (Å²) in [5.74, 6) is -3.65. The first-order chi connectivity index (χ1) is 15.0. The molecule has 0 unspecified atom stereocenters. The van der Waals surface area contributed by atoms with Gasteiger partial charge in [-0.2, -0.15) is 0 Å². The lowest BCUT2D eigenvalue weighted by atomic mass is 9.86. The number of aliphatic hydroxyl groups excluding tert-OH is 1. The molecule has 0 radical (unpaired) electrons. The molecular weight excluding hydrogens is 423 g/mol. The zero-order valence-corrected chi connectivity index (χ0v) is 18.0. The maximum atomic E-state index is 15.0. The van der Waals surface area contributed by atoms with Gasteiger partial charge in [0, 0.05) is 17.1 Å². The second-order valence-corrected chi connectivity index (χ2v) is 8.81. The molecule has 0 amide bonds. The van der Waals surface area contributed by atoms with Gasteiger partial charge in [0.05, 0.1) is 18.2 Å². The molecule has 0 aliphatic heterocycles. The van der Waals surface area contributed by atoms with Crippen molar-refractivity contribution in [3.63, 3.8) is 0 Å². The molecule has 0 saturated heterocycles. The fourth-order valence-electron chi connectivity index (χ4n) is 3.83. The topological polar surface area (TPSA) is 79.5 Å². The Balaban J connectivity index is 2.19. The minimum Gasteiger partial charge on any atom is -0.477 e. The number of fused-ring (bicyclic) bond motifs is 1. The molecule has 1 heterocycles. The van der Waals surface area contributed by atoms with E-state index in [0.717, 1.165) is 24.4 Å². The summed E-state index contributed by atoms with van der Waals surface area (Å²) in [6.45, 7) is 5.11. The molecular formula is C24H24F3NO4. The average Bonchev–Trinajstić information content (AvgIpc) is 2.69. The Kier molecular flexibility index (Phi) is 6.46. The largest absolute Gasteiger partial charge is 0.477 e. The number of nitrogens with zero attached hydrogens (tertiary/aromatic N) is 1. The van der Waals surface area contributed by atoms with Crippen LogP contribution in [0.5, 0.6) is 0 Å². The van der Waals surface area contributed by atoms with Crippen LogP contribution in [0.3, 0.4) is 0 Å². The molecule has 3 rings (SSSR count). The van der Waals surface area contributed by atoms with Gasteiger partial charge in [0.15, 0.2) is 0 Å². The SMILES string of the molecule is CC(C)(C)[C@@H](CO)n1cc(C(=O)O)c(=O)c2cc(CCc3c(F)cccc3F)c(F)cc21. The molecule has 170 valence electrons. The first kappa shape index (κ1) is 23.5. The van der Waals surface area contributed by atoms with Crippen molar-refractivity contribution in [1.82, 2.24) is 4.57 Å². The predicted octanol–water partition coefficient (Wildman–Crippen LogP) is 4.48. The molecule has 0 fully saturated rings. The van der Waals surface area contributed by atoms with Crippen LogP contribution in [0, 0.1) is 22.9 Å². The number of aliphatic hydroxyl groups is 1. The van der Waals surface area contributed by atoms with Crippen molar-refractivity contribution in [3.8, 4) is 0 Å². The van der Waals surface area contributed by atoms with Crippen LogP contribution in [-0.4, -0.2) is 27.4 Å². The van der Waals surface area contributed by atoms with Crippen LogP contribution in [0.25, 0.3) is 10.9 Å². The zero-order valence-electron chi connectivity index (χ0n) is 18.0. The summed E-state index contributed by atoms with van der Waals surface area (Å²) in [6.07, 6.45) is 0.876. The molecule has 0 spiro atoms. The van der Waals surface area contributed by atoms with Crippen LogP contribution in [0.4, 0.5) is 13.2 Å². The Labute approximate surface area is 182 Å². The van der Waals surface area contributed by atoms with Crippen LogP contribution in [-0.2, 0) is 12.8 Å². The van der Waals surface area contributed by atoms with Crippen molar-refractivity contribution in [2.45, 2.75) is 39.7 Å². The van der Waals surface area contributed by atoms with Crippen LogP contribution in [0.15, 0.2) is 41.3 Å². The quantitative estimate of drug-likeness (QED) is 0.584. The lowest BCUT2D eigenvalue weighted by Crippen LogP contribution is -2.30. The predicted molar refractivity (Wildman–Crippen MR) is 114 cm³/mol. The van der Waals surface area contributed by atoms with E-state index in [1.165, 1.54) is 16.7 Å². The minimum absolute atomic E-state index is 0.0302. The molecule has 3 aromatic rings. The molecule has 0 aliphatic rings. The molecule has 0 bridgehead atoms. The monoisotopic (exact) mass is 447 g/mol. The van der Waals surface area contributed by atoms with E-state index in [4.69, 9.17) is 0 Å². The van der Waals surface area contributed by atoms with Crippen LogP contribution in [0.2, 0.25) is 0 Å². The Hall–Kier alpha value is -3.13. The highest BCUT2D eigenvalue weighted by Gasteiger charge is 2.28. The summed E-state index contributed by atoms with van der Waals surface area (Å²) < 4.78 is 44.2. The van der Waals surface area contributed by atoms with E-state index in [9.17, 15) is 33.0 Å². The van der Waals surface area contributed by atoms with Gasteiger partial charge in [0.1, 0.15) is 23.0 Å². The highest BCUT2D eigenvalue weighted by molar-refractivity contribution is 5.92. The third-order valence-corrected chi connectivity index (χ3v) is 5.65. The number of carboxylic acid groups (broad SMARTS) is 1. The molecule has 1 aromatic heterocycles. The smallest absolute Gasteiger partial charge is 0.341 e. The maximum absolute atomic E-state index is 15.0. The fraction of sp³-hybridized carbons (Fsp3) is 0.333. The highest BCUT2D eigenvalue weighted by atomic mass is 19.1.